The Labute approximate surface area is 140 Å². The van der Waals surface area contributed by atoms with Gasteiger partial charge in [-0.05, 0) is 18.9 Å². The topological polar surface area (TPSA) is 91.1 Å². The number of nitriles is 1. The fourth-order valence-corrected chi connectivity index (χ4v) is 2.84. The molecule has 24 heavy (non-hydrogen) atoms. The largest absolute Gasteiger partial charge is 0.481 e. The predicted octanol–water partition coefficient (Wildman–Crippen LogP) is 1.25. The molecule has 3 rings (SSSR count). The van der Waals surface area contributed by atoms with Gasteiger partial charge in [-0.25, -0.2) is 19.9 Å². The number of hydrogen-bond donors (Lipinski definition) is 0. The van der Waals surface area contributed by atoms with Crippen molar-refractivity contribution in [2.75, 3.05) is 37.0 Å². The molecule has 0 amide bonds. The molecule has 124 valence electrons. The molecular formula is C16H19N7O. The number of rotatable bonds is 4. The molecule has 8 heteroatoms. The molecule has 0 saturated carbocycles. The van der Waals surface area contributed by atoms with Crippen LogP contribution in [0.4, 0.5) is 11.8 Å². The molecule has 0 aliphatic carbocycles. The highest BCUT2D eigenvalue weighted by molar-refractivity contribution is 5.43. The molecule has 2 aromatic rings. The van der Waals surface area contributed by atoms with E-state index in [-0.39, 0.29) is 6.04 Å². The Kier molecular flexibility index (Phi) is 4.70. The molecule has 0 bridgehead atoms. The standard InChI is InChI=1S/C16H19N7O/c1-22(14-8-15(24-2)20-11-19-14)13-4-3-7-23(10-13)16-18-6-5-12(9-17)21-16/h5-6,8,11,13H,3-4,7,10H2,1-2H3. The monoisotopic (exact) mass is 325 g/mol. The maximum atomic E-state index is 9.01. The average Bonchev–Trinajstić information content (AvgIpc) is 2.67. The first-order valence-electron chi connectivity index (χ1n) is 7.78. The number of methoxy groups -OCH3 is 1. The third-order valence-electron chi connectivity index (χ3n) is 4.18. The Hall–Kier alpha value is -2.95. The highest BCUT2D eigenvalue weighted by atomic mass is 16.5. The van der Waals surface area contributed by atoms with Gasteiger partial charge in [-0.2, -0.15) is 5.26 Å². The summed E-state index contributed by atoms with van der Waals surface area (Å²) in [5.41, 5.74) is 0.385. The Morgan fingerprint density at radius 1 is 1.38 bits per heavy atom. The van der Waals surface area contributed by atoms with Gasteiger partial charge in [0.25, 0.3) is 0 Å². The highest BCUT2D eigenvalue weighted by Gasteiger charge is 2.26. The summed E-state index contributed by atoms with van der Waals surface area (Å²) in [5.74, 6) is 1.97. The summed E-state index contributed by atoms with van der Waals surface area (Å²) in [7, 11) is 3.61. The van der Waals surface area contributed by atoms with E-state index in [1.165, 1.54) is 6.33 Å². The summed E-state index contributed by atoms with van der Waals surface area (Å²) in [4.78, 5) is 21.2. The molecule has 1 fully saturated rings. The molecule has 1 aliphatic heterocycles. The second-order valence-corrected chi connectivity index (χ2v) is 5.63. The van der Waals surface area contributed by atoms with E-state index in [0.29, 0.717) is 17.5 Å². The van der Waals surface area contributed by atoms with Crippen LogP contribution in [-0.2, 0) is 0 Å². The molecule has 1 saturated heterocycles. The van der Waals surface area contributed by atoms with Crippen molar-refractivity contribution in [1.29, 1.82) is 5.26 Å². The third kappa shape index (κ3) is 3.35. The fourth-order valence-electron chi connectivity index (χ4n) is 2.84. The zero-order valence-corrected chi connectivity index (χ0v) is 13.8. The Bertz CT molecular complexity index is 745. The lowest BCUT2D eigenvalue weighted by atomic mass is 10.0. The van der Waals surface area contributed by atoms with Crippen LogP contribution in [0, 0.1) is 11.3 Å². The Morgan fingerprint density at radius 2 is 2.25 bits per heavy atom. The van der Waals surface area contributed by atoms with Crippen molar-refractivity contribution in [3.63, 3.8) is 0 Å². The second kappa shape index (κ2) is 7.08. The number of piperidine rings is 1. The predicted molar refractivity (Wildman–Crippen MR) is 89.0 cm³/mol. The van der Waals surface area contributed by atoms with Gasteiger partial charge in [-0.15, -0.1) is 0 Å². The molecule has 0 aromatic carbocycles. The summed E-state index contributed by atoms with van der Waals surface area (Å²) in [5, 5.41) is 9.01. The van der Waals surface area contributed by atoms with Crippen LogP contribution in [0.1, 0.15) is 18.5 Å². The van der Waals surface area contributed by atoms with Crippen molar-refractivity contribution in [2.45, 2.75) is 18.9 Å². The van der Waals surface area contributed by atoms with Gasteiger partial charge in [0.2, 0.25) is 11.8 Å². The number of aromatic nitrogens is 4. The van der Waals surface area contributed by atoms with Crippen LogP contribution in [0.3, 0.4) is 0 Å². The van der Waals surface area contributed by atoms with E-state index in [4.69, 9.17) is 10.00 Å². The average molecular weight is 325 g/mol. The minimum atomic E-state index is 0.271. The smallest absolute Gasteiger partial charge is 0.226 e. The van der Waals surface area contributed by atoms with Crippen LogP contribution in [0.15, 0.2) is 24.7 Å². The summed E-state index contributed by atoms with van der Waals surface area (Å²) in [6.45, 7) is 1.66. The number of nitrogens with zero attached hydrogens (tertiary/aromatic N) is 7. The van der Waals surface area contributed by atoms with Gasteiger partial charge < -0.3 is 14.5 Å². The van der Waals surface area contributed by atoms with E-state index in [9.17, 15) is 0 Å². The van der Waals surface area contributed by atoms with Gasteiger partial charge in [0.1, 0.15) is 23.9 Å². The molecule has 0 spiro atoms. The van der Waals surface area contributed by atoms with E-state index in [1.807, 2.05) is 13.1 Å². The van der Waals surface area contributed by atoms with Crippen LogP contribution in [0.25, 0.3) is 0 Å². The van der Waals surface area contributed by atoms with Gasteiger partial charge in [0, 0.05) is 38.4 Å². The number of likely N-dealkylation sites (N-methyl/N-ethyl adjacent to an activating group) is 1. The van der Waals surface area contributed by atoms with Crippen LogP contribution < -0.4 is 14.5 Å². The SMILES string of the molecule is COc1cc(N(C)C2CCCN(c3nccc(C#N)n3)C2)ncn1. The number of hydrogen-bond acceptors (Lipinski definition) is 8. The van der Waals surface area contributed by atoms with Crippen molar-refractivity contribution in [3.05, 3.63) is 30.4 Å². The molecule has 3 heterocycles. The quantitative estimate of drug-likeness (QED) is 0.829. The number of anilines is 2. The minimum absolute atomic E-state index is 0.271. The Morgan fingerprint density at radius 3 is 3.04 bits per heavy atom. The molecule has 0 radical (unpaired) electrons. The maximum Gasteiger partial charge on any atom is 0.226 e. The number of ether oxygens (including phenoxy) is 1. The lowest BCUT2D eigenvalue weighted by Crippen LogP contribution is -2.47. The molecule has 0 N–H and O–H groups in total. The van der Waals surface area contributed by atoms with Gasteiger partial charge >= 0.3 is 0 Å². The Balaban J connectivity index is 1.76. The third-order valence-corrected chi connectivity index (χ3v) is 4.18. The van der Waals surface area contributed by atoms with Gasteiger partial charge in [-0.1, -0.05) is 0 Å². The fraction of sp³-hybridized carbons (Fsp3) is 0.438. The van der Waals surface area contributed by atoms with Crippen molar-refractivity contribution in [1.82, 2.24) is 19.9 Å². The maximum absolute atomic E-state index is 9.01. The minimum Gasteiger partial charge on any atom is -0.481 e. The van der Waals surface area contributed by atoms with Crippen molar-refractivity contribution < 1.29 is 4.74 Å². The first-order valence-corrected chi connectivity index (χ1v) is 7.78. The first-order chi connectivity index (χ1) is 11.7. The lowest BCUT2D eigenvalue weighted by molar-refractivity contribution is 0.396. The normalized spacial score (nSPS) is 17.2. The molecule has 8 nitrogen and oxygen atoms in total. The van der Waals surface area contributed by atoms with Gasteiger partial charge in [0.15, 0.2) is 0 Å². The zero-order chi connectivity index (χ0) is 16.9. The van der Waals surface area contributed by atoms with Crippen LogP contribution in [-0.4, -0.2) is 53.2 Å². The van der Waals surface area contributed by atoms with Gasteiger partial charge in [0.05, 0.1) is 7.11 Å². The van der Waals surface area contributed by atoms with E-state index in [1.54, 1.807) is 19.4 Å². The van der Waals surface area contributed by atoms with Crippen molar-refractivity contribution in [3.8, 4) is 11.9 Å². The molecule has 1 aliphatic rings. The summed E-state index contributed by atoms with van der Waals surface area (Å²) in [6.07, 6.45) is 5.21. The first kappa shape index (κ1) is 15.9. The molecule has 2 aromatic heterocycles. The van der Waals surface area contributed by atoms with E-state index in [0.717, 1.165) is 31.7 Å². The highest BCUT2D eigenvalue weighted by Crippen LogP contribution is 2.23. The summed E-state index contributed by atoms with van der Waals surface area (Å²) >= 11 is 0. The summed E-state index contributed by atoms with van der Waals surface area (Å²) < 4.78 is 5.17. The van der Waals surface area contributed by atoms with E-state index >= 15 is 0 Å². The second-order valence-electron chi connectivity index (χ2n) is 5.63. The zero-order valence-electron chi connectivity index (χ0n) is 13.8. The van der Waals surface area contributed by atoms with Crippen LogP contribution >= 0.6 is 0 Å². The molecule has 1 unspecified atom stereocenters. The van der Waals surface area contributed by atoms with Crippen molar-refractivity contribution in [2.24, 2.45) is 0 Å². The summed E-state index contributed by atoms with van der Waals surface area (Å²) in [6, 6.07) is 5.77. The van der Waals surface area contributed by atoms with Crippen LogP contribution in [0.5, 0.6) is 5.88 Å². The van der Waals surface area contributed by atoms with E-state index < -0.39 is 0 Å². The van der Waals surface area contributed by atoms with Crippen LogP contribution in [0.2, 0.25) is 0 Å². The van der Waals surface area contributed by atoms with Gasteiger partial charge in [-0.3, -0.25) is 0 Å². The lowest BCUT2D eigenvalue weighted by Gasteiger charge is -2.38. The van der Waals surface area contributed by atoms with E-state index in [2.05, 4.69) is 35.8 Å². The molecule has 1 atom stereocenters. The molecular weight excluding hydrogens is 306 g/mol. The van der Waals surface area contributed by atoms with Crippen molar-refractivity contribution >= 4 is 11.8 Å².